The van der Waals surface area contributed by atoms with Crippen molar-refractivity contribution in [2.75, 3.05) is 20.2 Å². The Kier molecular flexibility index (Phi) is 5.38. The minimum atomic E-state index is 0.0724. The van der Waals surface area contributed by atoms with Gasteiger partial charge in [-0.1, -0.05) is 13.3 Å². The van der Waals surface area contributed by atoms with Crippen LogP contribution in [-0.2, 0) is 4.74 Å². The molecule has 3 saturated heterocycles. The second-order valence-electron chi connectivity index (χ2n) is 8.40. The van der Waals surface area contributed by atoms with Crippen LogP contribution in [0, 0.1) is 11.8 Å². The van der Waals surface area contributed by atoms with Gasteiger partial charge in [-0.15, -0.1) is 0 Å². The standard InChI is InChI=1S/C23H32N2O2/c1-5-16-14-25-11-9-17(16)12-22(25)23(27-15(2)3)19-8-10-24-21-7-6-18(26-4)13-20(19)21/h6-8,10,13,15-17,22-23H,5,9,11-12,14H2,1-4H3/t16-,17-,22-,23+/m0/s1. The third-order valence-corrected chi connectivity index (χ3v) is 6.52. The van der Waals surface area contributed by atoms with Crippen molar-refractivity contribution in [3.63, 3.8) is 0 Å². The number of rotatable bonds is 6. The predicted molar refractivity (Wildman–Crippen MR) is 109 cm³/mol. The number of piperidine rings is 3. The summed E-state index contributed by atoms with van der Waals surface area (Å²) in [6.07, 6.45) is 6.05. The molecule has 27 heavy (non-hydrogen) atoms. The number of fused-ring (bicyclic) bond motifs is 4. The van der Waals surface area contributed by atoms with Crippen LogP contribution >= 0.6 is 0 Å². The quantitative estimate of drug-likeness (QED) is 0.731. The Labute approximate surface area is 162 Å². The second-order valence-corrected chi connectivity index (χ2v) is 8.40. The van der Waals surface area contributed by atoms with Gasteiger partial charge in [0.1, 0.15) is 5.75 Å². The van der Waals surface area contributed by atoms with E-state index < -0.39 is 0 Å². The van der Waals surface area contributed by atoms with Gasteiger partial charge in [0.15, 0.2) is 0 Å². The molecule has 4 heteroatoms. The zero-order valence-corrected chi connectivity index (χ0v) is 17.0. The van der Waals surface area contributed by atoms with Gasteiger partial charge in [-0.05, 0) is 74.9 Å². The summed E-state index contributed by atoms with van der Waals surface area (Å²) in [5.74, 6) is 2.56. The van der Waals surface area contributed by atoms with Gasteiger partial charge in [0, 0.05) is 24.2 Å². The lowest BCUT2D eigenvalue weighted by Gasteiger charge is -2.52. The minimum absolute atomic E-state index is 0.0724. The van der Waals surface area contributed by atoms with Crippen molar-refractivity contribution in [1.29, 1.82) is 0 Å². The molecule has 1 aromatic carbocycles. The first-order valence-electron chi connectivity index (χ1n) is 10.4. The number of methoxy groups -OCH3 is 1. The van der Waals surface area contributed by atoms with Crippen molar-refractivity contribution < 1.29 is 9.47 Å². The summed E-state index contributed by atoms with van der Waals surface area (Å²) >= 11 is 0. The van der Waals surface area contributed by atoms with Crippen LogP contribution < -0.4 is 4.74 Å². The lowest BCUT2D eigenvalue weighted by atomic mass is 9.72. The first-order valence-corrected chi connectivity index (χ1v) is 10.4. The molecule has 0 N–H and O–H groups in total. The first kappa shape index (κ1) is 18.7. The fourth-order valence-corrected chi connectivity index (χ4v) is 5.14. The Morgan fingerprint density at radius 2 is 2.11 bits per heavy atom. The fourth-order valence-electron chi connectivity index (χ4n) is 5.14. The summed E-state index contributed by atoms with van der Waals surface area (Å²) in [4.78, 5) is 7.26. The van der Waals surface area contributed by atoms with Crippen LogP contribution in [0.1, 0.15) is 51.7 Å². The van der Waals surface area contributed by atoms with Crippen LogP contribution in [-0.4, -0.2) is 42.2 Å². The first-order chi connectivity index (χ1) is 13.1. The lowest BCUT2D eigenvalue weighted by Crippen LogP contribution is -2.55. The van der Waals surface area contributed by atoms with Crippen LogP contribution in [0.15, 0.2) is 30.5 Å². The van der Waals surface area contributed by atoms with Crippen LogP contribution in [0.2, 0.25) is 0 Å². The van der Waals surface area contributed by atoms with E-state index in [0.29, 0.717) is 6.04 Å². The maximum absolute atomic E-state index is 6.57. The molecule has 2 aromatic rings. The van der Waals surface area contributed by atoms with Crippen molar-refractivity contribution in [3.05, 3.63) is 36.0 Å². The van der Waals surface area contributed by atoms with E-state index in [1.54, 1.807) is 7.11 Å². The molecule has 5 rings (SSSR count). The second kappa shape index (κ2) is 7.76. The molecule has 1 aromatic heterocycles. The number of nitrogens with zero attached hydrogens (tertiary/aromatic N) is 2. The van der Waals surface area contributed by atoms with Crippen molar-refractivity contribution in [2.45, 2.75) is 58.3 Å². The molecule has 0 saturated carbocycles. The lowest BCUT2D eigenvalue weighted by molar-refractivity contribution is -0.0990. The Balaban J connectivity index is 1.74. The molecular weight excluding hydrogens is 336 g/mol. The Hall–Kier alpha value is -1.65. The van der Waals surface area contributed by atoms with Crippen molar-refractivity contribution in [3.8, 4) is 5.75 Å². The van der Waals surface area contributed by atoms with E-state index in [4.69, 9.17) is 9.47 Å². The largest absolute Gasteiger partial charge is 0.497 e. The molecule has 0 radical (unpaired) electrons. The molecule has 3 aliphatic heterocycles. The Morgan fingerprint density at radius 3 is 2.78 bits per heavy atom. The van der Waals surface area contributed by atoms with Gasteiger partial charge in [0.25, 0.3) is 0 Å². The predicted octanol–water partition coefficient (Wildman–Crippen LogP) is 4.83. The minimum Gasteiger partial charge on any atom is -0.497 e. The highest BCUT2D eigenvalue weighted by Gasteiger charge is 2.43. The number of ether oxygens (including phenoxy) is 2. The van der Waals surface area contributed by atoms with Crippen molar-refractivity contribution >= 4 is 10.9 Å². The summed E-state index contributed by atoms with van der Waals surface area (Å²) in [6.45, 7) is 9.04. The molecule has 0 aliphatic carbocycles. The highest BCUT2D eigenvalue weighted by molar-refractivity contribution is 5.84. The highest BCUT2D eigenvalue weighted by Crippen LogP contribution is 2.44. The zero-order valence-electron chi connectivity index (χ0n) is 17.0. The zero-order chi connectivity index (χ0) is 19.0. The SMILES string of the molecule is CC[C@H]1CN2CC[C@H]1C[C@H]2[C@H](OC(C)C)c1ccnc2ccc(OC)cc12. The topological polar surface area (TPSA) is 34.6 Å². The summed E-state index contributed by atoms with van der Waals surface area (Å²) in [7, 11) is 1.72. The molecule has 5 atom stereocenters. The molecule has 1 unspecified atom stereocenters. The molecule has 3 fully saturated rings. The van der Waals surface area contributed by atoms with E-state index in [1.807, 2.05) is 18.3 Å². The van der Waals surface area contributed by atoms with Crippen LogP contribution in [0.25, 0.3) is 10.9 Å². The van der Waals surface area contributed by atoms with Gasteiger partial charge in [-0.25, -0.2) is 0 Å². The molecule has 2 bridgehead atoms. The smallest absolute Gasteiger partial charge is 0.119 e. The van der Waals surface area contributed by atoms with Crippen molar-refractivity contribution in [2.24, 2.45) is 11.8 Å². The van der Waals surface area contributed by atoms with Gasteiger partial charge in [-0.2, -0.15) is 0 Å². The van der Waals surface area contributed by atoms with Gasteiger partial charge in [0.05, 0.1) is 24.8 Å². The maximum Gasteiger partial charge on any atom is 0.119 e. The van der Waals surface area contributed by atoms with E-state index in [2.05, 4.69) is 42.8 Å². The van der Waals surface area contributed by atoms with Gasteiger partial charge in [0.2, 0.25) is 0 Å². The normalized spacial score (nSPS) is 28.6. The molecule has 146 valence electrons. The van der Waals surface area contributed by atoms with E-state index in [9.17, 15) is 0 Å². The molecule has 3 aliphatic rings. The maximum atomic E-state index is 6.57. The molecule has 0 amide bonds. The van der Waals surface area contributed by atoms with E-state index in [0.717, 1.165) is 28.5 Å². The molecule has 4 nitrogen and oxygen atoms in total. The average Bonchev–Trinajstić information content (AvgIpc) is 2.71. The van der Waals surface area contributed by atoms with E-state index >= 15 is 0 Å². The summed E-state index contributed by atoms with van der Waals surface area (Å²) in [5.41, 5.74) is 2.26. The van der Waals surface area contributed by atoms with Crippen LogP contribution in [0.3, 0.4) is 0 Å². The van der Waals surface area contributed by atoms with Crippen molar-refractivity contribution in [1.82, 2.24) is 9.88 Å². The van der Waals surface area contributed by atoms with Crippen LogP contribution in [0.5, 0.6) is 5.75 Å². The number of pyridine rings is 1. The molecular formula is C23H32N2O2. The monoisotopic (exact) mass is 368 g/mol. The third kappa shape index (κ3) is 3.57. The molecule has 0 spiro atoms. The molecule has 4 heterocycles. The highest BCUT2D eigenvalue weighted by atomic mass is 16.5. The number of hydrogen-bond donors (Lipinski definition) is 0. The number of aromatic nitrogens is 1. The van der Waals surface area contributed by atoms with E-state index in [-0.39, 0.29) is 12.2 Å². The third-order valence-electron chi connectivity index (χ3n) is 6.52. The number of hydrogen-bond acceptors (Lipinski definition) is 4. The van der Waals surface area contributed by atoms with Crippen LogP contribution in [0.4, 0.5) is 0 Å². The van der Waals surface area contributed by atoms with Gasteiger partial charge < -0.3 is 9.47 Å². The average molecular weight is 369 g/mol. The van der Waals surface area contributed by atoms with E-state index in [1.165, 1.54) is 37.9 Å². The Morgan fingerprint density at radius 1 is 1.26 bits per heavy atom. The Bertz CT molecular complexity index is 791. The fraction of sp³-hybridized carbons (Fsp3) is 0.609. The summed E-state index contributed by atoms with van der Waals surface area (Å²) < 4.78 is 12.1. The van der Waals surface area contributed by atoms with Gasteiger partial charge in [-0.3, -0.25) is 9.88 Å². The summed E-state index contributed by atoms with van der Waals surface area (Å²) in [5, 5.41) is 1.15. The number of benzene rings is 1. The summed E-state index contributed by atoms with van der Waals surface area (Å²) in [6, 6.07) is 8.74. The van der Waals surface area contributed by atoms with Gasteiger partial charge >= 0.3 is 0 Å².